The van der Waals surface area contributed by atoms with Crippen molar-refractivity contribution in [3.8, 4) is 5.75 Å². The van der Waals surface area contributed by atoms with Crippen molar-refractivity contribution in [3.05, 3.63) is 29.8 Å². The molecule has 1 aromatic carbocycles. The third-order valence-corrected chi connectivity index (χ3v) is 4.21. The molecule has 19 heavy (non-hydrogen) atoms. The normalized spacial score (nSPS) is 26.3. The molecule has 0 aromatic heterocycles. The molecule has 3 heteroatoms. The summed E-state index contributed by atoms with van der Waals surface area (Å²) in [5.41, 5.74) is 1.28. The van der Waals surface area contributed by atoms with Gasteiger partial charge in [-0.05, 0) is 64.4 Å². The average Bonchev–Trinajstić information content (AvgIpc) is 2.37. The van der Waals surface area contributed by atoms with E-state index in [9.17, 15) is 5.11 Å². The van der Waals surface area contributed by atoms with Crippen molar-refractivity contribution in [3.63, 3.8) is 0 Å². The average molecular weight is 262 g/mol. The van der Waals surface area contributed by atoms with Crippen LogP contribution < -0.4 is 5.32 Å². The first-order chi connectivity index (χ1) is 9.04. The number of nitrogens with zero attached hydrogens (tertiary/aromatic N) is 1. The molecule has 3 nitrogen and oxygen atoms in total. The maximum atomic E-state index is 9.29. The van der Waals surface area contributed by atoms with Crippen molar-refractivity contribution in [1.29, 1.82) is 0 Å². The molecule has 3 atom stereocenters. The number of likely N-dealkylation sites (tertiary alicyclic amines) is 1. The highest BCUT2D eigenvalue weighted by Crippen LogP contribution is 2.17. The molecule has 3 unspecified atom stereocenters. The highest BCUT2D eigenvalue weighted by atomic mass is 16.3. The van der Waals surface area contributed by atoms with Gasteiger partial charge < -0.3 is 15.3 Å². The number of hydrogen-bond acceptors (Lipinski definition) is 3. The molecule has 1 aromatic rings. The minimum atomic E-state index is 0.341. The molecule has 1 saturated heterocycles. The van der Waals surface area contributed by atoms with Crippen LogP contribution in [0.1, 0.15) is 32.3 Å². The van der Waals surface area contributed by atoms with Gasteiger partial charge >= 0.3 is 0 Å². The Labute approximate surface area is 116 Å². The Morgan fingerprint density at radius 1 is 1.37 bits per heavy atom. The molecule has 106 valence electrons. The van der Waals surface area contributed by atoms with Crippen molar-refractivity contribution in [2.24, 2.45) is 0 Å². The van der Waals surface area contributed by atoms with Crippen LogP contribution in [-0.2, 0) is 6.42 Å². The van der Waals surface area contributed by atoms with Crippen LogP contribution in [0.5, 0.6) is 5.75 Å². The summed E-state index contributed by atoms with van der Waals surface area (Å²) >= 11 is 0. The van der Waals surface area contributed by atoms with Crippen molar-refractivity contribution < 1.29 is 5.11 Å². The minimum absolute atomic E-state index is 0.341. The van der Waals surface area contributed by atoms with Gasteiger partial charge in [-0.3, -0.25) is 0 Å². The predicted molar refractivity (Wildman–Crippen MR) is 79.5 cm³/mol. The fourth-order valence-electron chi connectivity index (χ4n) is 2.89. The Morgan fingerprint density at radius 3 is 2.68 bits per heavy atom. The van der Waals surface area contributed by atoms with Crippen LogP contribution in [0.2, 0.25) is 0 Å². The van der Waals surface area contributed by atoms with E-state index in [1.807, 2.05) is 12.1 Å². The largest absolute Gasteiger partial charge is 0.508 e. The van der Waals surface area contributed by atoms with Crippen LogP contribution in [0.25, 0.3) is 0 Å². The topological polar surface area (TPSA) is 35.5 Å². The number of benzene rings is 1. The molecule has 0 aliphatic carbocycles. The molecule has 0 saturated carbocycles. The maximum Gasteiger partial charge on any atom is 0.115 e. The molecule has 0 bridgehead atoms. The van der Waals surface area contributed by atoms with Crippen molar-refractivity contribution in [2.45, 2.75) is 51.2 Å². The van der Waals surface area contributed by atoms with Crippen LogP contribution in [0.3, 0.4) is 0 Å². The Bertz CT molecular complexity index is 390. The van der Waals surface area contributed by atoms with Crippen molar-refractivity contribution >= 4 is 0 Å². The maximum absolute atomic E-state index is 9.29. The highest BCUT2D eigenvalue weighted by molar-refractivity contribution is 5.26. The summed E-state index contributed by atoms with van der Waals surface area (Å²) in [7, 11) is 2.21. The smallest absolute Gasteiger partial charge is 0.115 e. The summed E-state index contributed by atoms with van der Waals surface area (Å²) < 4.78 is 0. The number of nitrogens with one attached hydrogen (secondary N) is 1. The molecule has 1 aliphatic rings. The van der Waals surface area contributed by atoms with Gasteiger partial charge in [-0.1, -0.05) is 12.1 Å². The number of hydrogen-bond donors (Lipinski definition) is 2. The Hall–Kier alpha value is -1.06. The van der Waals surface area contributed by atoms with E-state index in [0.29, 0.717) is 23.9 Å². The molecule has 1 fully saturated rings. The standard InChI is InChI=1S/C16H26N2O/c1-12(10-14-4-6-16(19)7-5-14)17-15-8-9-18(3)13(2)11-15/h4-7,12-13,15,17,19H,8-11H2,1-3H3. The van der Waals surface area contributed by atoms with Gasteiger partial charge in [0.15, 0.2) is 0 Å². The summed E-state index contributed by atoms with van der Waals surface area (Å²) in [4.78, 5) is 2.43. The summed E-state index contributed by atoms with van der Waals surface area (Å²) in [6.45, 7) is 5.74. The third kappa shape index (κ3) is 4.22. The van der Waals surface area contributed by atoms with E-state index in [4.69, 9.17) is 0 Å². The molecule has 0 spiro atoms. The first-order valence-electron chi connectivity index (χ1n) is 7.29. The van der Waals surface area contributed by atoms with Crippen molar-refractivity contribution in [2.75, 3.05) is 13.6 Å². The van der Waals surface area contributed by atoms with E-state index in [1.165, 1.54) is 24.9 Å². The van der Waals surface area contributed by atoms with Crippen molar-refractivity contribution in [1.82, 2.24) is 10.2 Å². The quantitative estimate of drug-likeness (QED) is 0.874. The minimum Gasteiger partial charge on any atom is -0.508 e. The van der Waals surface area contributed by atoms with Crippen LogP contribution in [-0.4, -0.2) is 41.7 Å². The lowest BCUT2D eigenvalue weighted by atomic mass is 9.97. The molecule has 0 radical (unpaired) electrons. The monoisotopic (exact) mass is 262 g/mol. The summed E-state index contributed by atoms with van der Waals surface area (Å²) in [5.74, 6) is 0.341. The lowest BCUT2D eigenvalue weighted by Crippen LogP contribution is -2.48. The van der Waals surface area contributed by atoms with Gasteiger partial charge in [0, 0.05) is 18.1 Å². The van der Waals surface area contributed by atoms with Crippen LogP contribution in [0.15, 0.2) is 24.3 Å². The van der Waals surface area contributed by atoms with E-state index in [2.05, 4.69) is 31.1 Å². The molecule has 2 rings (SSSR count). The molecular formula is C16H26N2O. The van der Waals surface area contributed by atoms with E-state index >= 15 is 0 Å². The lowest BCUT2D eigenvalue weighted by molar-refractivity contribution is 0.163. The number of phenolic OH excluding ortho intramolecular Hbond substituents is 1. The Morgan fingerprint density at radius 2 is 2.05 bits per heavy atom. The van der Waals surface area contributed by atoms with Crippen LogP contribution in [0, 0.1) is 0 Å². The summed E-state index contributed by atoms with van der Waals surface area (Å²) in [5, 5.41) is 13.0. The zero-order chi connectivity index (χ0) is 13.8. The van der Waals surface area contributed by atoms with Gasteiger partial charge in [0.1, 0.15) is 5.75 Å². The first-order valence-corrected chi connectivity index (χ1v) is 7.29. The van der Waals surface area contributed by atoms with E-state index in [-0.39, 0.29) is 0 Å². The molecule has 0 amide bonds. The number of piperidine rings is 1. The van der Waals surface area contributed by atoms with Gasteiger partial charge in [-0.2, -0.15) is 0 Å². The lowest BCUT2D eigenvalue weighted by Gasteiger charge is -2.36. The van der Waals surface area contributed by atoms with Gasteiger partial charge in [0.25, 0.3) is 0 Å². The van der Waals surface area contributed by atoms with Gasteiger partial charge in [-0.15, -0.1) is 0 Å². The number of aromatic hydroxyl groups is 1. The summed E-state index contributed by atoms with van der Waals surface area (Å²) in [6, 6.07) is 9.32. The zero-order valence-electron chi connectivity index (χ0n) is 12.3. The molecule has 2 N–H and O–H groups in total. The second kappa shape index (κ2) is 6.40. The Balaban J connectivity index is 1.81. The Kier molecular flexibility index (Phi) is 4.83. The van der Waals surface area contributed by atoms with E-state index < -0.39 is 0 Å². The SMILES string of the molecule is CC(Cc1ccc(O)cc1)NC1CCN(C)C(C)C1. The van der Waals surface area contributed by atoms with Crippen LogP contribution in [0.4, 0.5) is 0 Å². The second-order valence-corrected chi connectivity index (χ2v) is 5.99. The molecule has 1 heterocycles. The fourth-order valence-corrected chi connectivity index (χ4v) is 2.89. The first kappa shape index (κ1) is 14.4. The molecular weight excluding hydrogens is 236 g/mol. The highest BCUT2D eigenvalue weighted by Gasteiger charge is 2.23. The second-order valence-electron chi connectivity index (χ2n) is 5.99. The third-order valence-electron chi connectivity index (χ3n) is 4.21. The molecule has 1 aliphatic heterocycles. The fraction of sp³-hybridized carbons (Fsp3) is 0.625. The summed E-state index contributed by atoms with van der Waals surface area (Å²) in [6.07, 6.45) is 3.48. The predicted octanol–water partition coefficient (Wildman–Crippen LogP) is 2.40. The van der Waals surface area contributed by atoms with Gasteiger partial charge in [0.2, 0.25) is 0 Å². The zero-order valence-corrected chi connectivity index (χ0v) is 12.3. The number of phenols is 1. The van der Waals surface area contributed by atoms with Gasteiger partial charge in [0.05, 0.1) is 0 Å². The number of rotatable bonds is 4. The van der Waals surface area contributed by atoms with E-state index in [1.54, 1.807) is 12.1 Å². The van der Waals surface area contributed by atoms with Gasteiger partial charge in [-0.25, -0.2) is 0 Å². The van der Waals surface area contributed by atoms with E-state index in [0.717, 1.165) is 6.42 Å². The van der Waals surface area contributed by atoms with Crippen LogP contribution >= 0.6 is 0 Å².